The molecule has 3 heterocycles. The number of anilines is 1. The molecule has 50 heavy (non-hydrogen) atoms. The molecule has 3 aromatic rings. The van der Waals surface area contributed by atoms with Crippen LogP contribution < -0.4 is 14.4 Å². The molecule has 2 bridgehead atoms. The van der Waals surface area contributed by atoms with Crippen molar-refractivity contribution in [1.82, 2.24) is 4.90 Å². The molecule has 1 saturated carbocycles. The summed E-state index contributed by atoms with van der Waals surface area (Å²) in [5.74, 6) is 1.39. The number of ether oxygens (including phenoxy) is 2. The van der Waals surface area contributed by atoms with Gasteiger partial charge >= 0.3 is 6.18 Å². The highest BCUT2D eigenvalue weighted by Gasteiger charge is 2.46. The first-order valence-electron chi connectivity index (χ1n) is 17.8. The van der Waals surface area contributed by atoms with Crippen molar-refractivity contribution in [3.8, 4) is 17.6 Å². The van der Waals surface area contributed by atoms with Gasteiger partial charge in [-0.2, -0.15) is 18.4 Å². The number of fused-ring (bicyclic) bond motifs is 3. The first kappa shape index (κ1) is 34.0. The number of halogens is 3. The summed E-state index contributed by atoms with van der Waals surface area (Å²) >= 11 is 0. The SMILES string of the molecule is CC1CCc2ccc(OC3CCN(c4ccc(C(F)(F)F)cc4)CC3)cc2OC1C(=O)C1CCCC2CC1CN2C(=O)c1ccc(C#N)cc1. The van der Waals surface area contributed by atoms with Gasteiger partial charge in [-0.1, -0.05) is 19.4 Å². The van der Waals surface area contributed by atoms with Crippen LogP contribution in [0.3, 0.4) is 0 Å². The Morgan fingerprint density at radius 3 is 2.38 bits per heavy atom. The van der Waals surface area contributed by atoms with E-state index in [9.17, 15) is 22.8 Å². The van der Waals surface area contributed by atoms with E-state index in [2.05, 4.69) is 17.9 Å². The molecule has 0 spiro atoms. The van der Waals surface area contributed by atoms with Gasteiger partial charge in [-0.25, -0.2) is 0 Å². The van der Waals surface area contributed by atoms with Crippen molar-refractivity contribution in [1.29, 1.82) is 5.26 Å². The molecule has 1 amide bonds. The second-order valence-corrected chi connectivity index (χ2v) is 14.4. The maximum absolute atomic E-state index is 14.4. The molecule has 0 N–H and O–H groups in total. The minimum absolute atomic E-state index is 0.0330. The summed E-state index contributed by atoms with van der Waals surface area (Å²) in [5.41, 5.74) is 2.26. The van der Waals surface area contributed by atoms with Crippen LogP contribution in [-0.2, 0) is 17.4 Å². The van der Waals surface area contributed by atoms with Crippen LogP contribution in [-0.4, -0.2) is 54.5 Å². The van der Waals surface area contributed by atoms with Crippen molar-refractivity contribution in [3.63, 3.8) is 0 Å². The van der Waals surface area contributed by atoms with Gasteiger partial charge in [0.05, 0.1) is 17.2 Å². The summed E-state index contributed by atoms with van der Waals surface area (Å²) in [6.07, 6.45) is 1.47. The second kappa shape index (κ2) is 14.0. The van der Waals surface area contributed by atoms with E-state index in [1.807, 2.05) is 23.1 Å². The van der Waals surface area contributed by atoms with Crippen LogP contribution in [0.15, 0.2) is 66.7 Å². The number of amides is 1. The van der Waals surface area contributed by atoms with Gasteiger partial charge in [-0.05, 0) is 98.2 Å². The van der Waals surface area contributed by atoms with E-state index in [-0.39, 0.29) is 41.6 Å². The number of hydrogen-bond acceptors (Lipinski definition) is 6. The van der Waals surface area contributed by atoms with Crippen LogP contribution in [0.5, 0.6) is 11.5 Å². The summed E-state index contributed by atoms with van der Waals surface area (Å²) in [6, 6.07) is 20.2. The zero-order valence-corrected chi connectivity index (χ0v) is 28.2. The number of carbonyl (C=O) groups excluding carboxylic acids is 2. The summed E-state index contributed by atoms with van der Waals surface area (Å²) in [7, 11) is 0. The smallest absolute Gasteiger partial charge is 0.416 e. The standard InChI is InChI=1S/C40H42F3N3O4/c1-25-5-8-27-11-16-34(49-33-17-19-45(20-18-33)31-14-12-30(13-15-31)40(41,42)43)22-36(27)50-38(25)37(47)35-4-2-3-32-21-29(35)24-46(32)39(48)28-9-6-26(23-44)7-10-28/h6-7,9-16,22,25,29,32-33,35,38H,2-5,8,17-21,24H2,1H3. The Morgan fingerprint density at radius 1 is 0.940 bits per heavy atom. The van der Waals surface area contributed by atoms with Gasteiger partial charge in [0.25, 0.3) is 5.91 Å². The molecular weight excluding hydrogens is 643 g/mol. The lowest BCUT2D eigenvalue weighted by Crippen LogP contribution is -2.42. The molecular formula is C40H42F3N3O4. The number of hydrogen-bond donors (Lipinski definition) is 0. The maximum atomic E-state index is 14.4. The number of likely N-dealkylation sites (tertiary alicyclic amines) is 1. The van der Waals surface area contributed by atoms with Crippen molar-refractivity contribution in [2.24, 2.45) is 17.8 Å². The summed E-state index contributed by atoms with van der Waals surface area (Å²) in [4.78, 5) is 31.9. The van der Waals surface area contributed by atoms with Crippen molar-refractivity contribution in [3.05, 3.63) is 89.0 Å². The molecule has 3 fully saturated rings. The summed E-state index contributed by atoms with van der Waals surface area (Å²) in [5, 5.41) is 9.14. The zero-order valence-electron chi connectivity index (χ0n) is 28.2. The van der Waals surface area contributed by atoms with Gasteiger partial charge in [0, 0.05) is 67.7 Å². The molecule has 10 heteroatoms. The predicted octanol–water partition coefficient (Wildman–Crippen LogP) is 7.85. The third-order valence-electron chi connectivity index (χ3n) is 11.2. The maximum Gasteiger partial charge on any atom is 0.416 e. The lowest BCUT2D eigenvalue weighted by Gasteiger charge is -2.34. The molecule has 2 saturated heterocycles. The minimum Gasteiger partial charge on any atom is -0.490 e. The molecule has 0 aromatic heterocycles. The Hall–Kier alpha value is -4.52. The van der Waals surface area contributed by atoms with Crippen molar-refractivity contribution in [2.75, 3.05) is 24.5 Å². The van der Waals surface area contributed by atoms with Crippen molar-refractivity contribution >= 4 is 17.4 Å². The normalized spacial score (nSPS) is 25.5. The van der Waals surface area contributed by atoms with Crippen molar-refractivity contribution < 1.29 is 32.2 Å². The lowest BCUT2D eigenvalue weighted by atomic mass is 9.80. The third-order valence-corrected chi connectivity index (χ3v) is 11.2. The lowest BCUT2D eigenvalue weighted by molar-refractivity contribution is -0.137. The number of rotatable bonds is 6. The van der Waals surface area contributed by atoms with E-state index in [1.165, 1.54) is 12.1 Å². The molecule has 262 valence electrons. The molecule has 0 radical (unpaired) electrons. The second-order valence-electron chi connectivity index (χ2n) is 14.4. The van der Waals surface area contributed by atoms with E-state index in [1.54, 1.807) is 24.3 Å². The zero-order chi connectivity index (χ0) is 35.0. The fourth-order valence-corrected chi connectivity index (χ4v) is 8.35. The van der Waals surface area contributed by atoms with E-state index in [0.717, 1.165) is 74.8 Å². The fraction of sp³-hybridized carbons (Fsp3) is 0.475. The number of nitriles is 1. The Bertz CT molecular complexity index is 1750. The Labute approximate surface area is 291 Å². The third kappa shape index (κ3) is 7.05. The average Bonchev–Trinajstić information content (AvgIpc) is 3.32. The van der Waals surface area contributed by atoms with E-state index >= 15 is 0 Å². The van der Waals surface area contributed by atoms with Crippen LogP contribution in [0.4, 0.5) is 18.9 Å². The Balaban J connectivity index is 0.989. The van der Waals surface area contributed by atoms with Gasteiger partial charge in [-0.3, -0.25) is 9.59 Å². The molecule has 7 rings (SSSR count). The van der Waals surface area contributed by atoms with Crippen LogP contribution in [0.2, 0.25) is 0 Å². The van der Waals surface area contributed by atoms with E-state index < -0.39 is 17.8 Å². The van der Waals surface area contributed by atoms with Gasteiger partial charge in [0.1, 0.15) is 17.6 Å². The monoisotopic (exact) mass is 685 g/mol. The minimum atomic E-state index is -4.35. The highest BCUT2D eigenvalue weighted by atomic mass is 19.4. The largest absolute Gasteiger partial charge is 0.490 e. The van der Waals surface area contributed by atoms with Crippen LogP contribution in [0.25, 0.3) is 0 Å². The Morgan fingerprint density at radius 2 is 1.68 bits per heavy atom. The van der Waals surface area contributed by atoms with Crippen LogP contribution >= 0.6 is 0 Å². The molecule has 5 unspecified atom stereocenters. The first-order chi connectivity index (χ1) is 24.1. The number of Topliss-reactive ketones (excluding diaryl/α,β-unsaturated/α-hetero) is 1. The number of aryl methyl sites for hydroxylation is 1. The first-order valence-corrected chi connectivity index (χ1v) is 17.8. The van der Waals surface area contributed by atoms with Crippen LogP contribution in [0, 0.1) is 29.1 Å². The quantitative estimate of drug-likeness (QED) is 0.263. The molecule has 7 nitrogen and oxygen atoms in total. The van der Waals surface area contributed by atoms with Gasteiger partial charge in [0.2, 0.25) is 0 Å². The van der Waals surface area contributed by atoms with Gasteiger partial charge in [-0.15, -0.1) is 0 Å². The van der Waals surface area contributed by atoms with Crippen molar-refractivity contribution in [2.45, 2.75) is 82.7 Å². The molecule has 4 aliphatic rings. The van der Waals surface area contributed by atoms with E-state index in [4.69, 9.17) is 14.7 Å². The van der Waals surface area contributed by atoms with E-state index in [0.29, 0.717) is 42.3 Å². The number of ketones is 1. The van der Waals surface area contributed by atoms with Gasteiger partial charge < -0.3 is 19.3 Å². The molecule has 5 atom stereocenters. The van der Waals surface area contributed by atoms with Gasteiger partial charge in [0.15, 0.2) is 11.9 Å². The fourth-order valence-electron chi connectivity index (χ4n) is 8.35. The number of alkyl halides is 3. The summed E-state index contributed by atoms with van der Waals surface area (Å²) in [6.45, 7) is 3.98. The highest BCUT2D eigenvalue weighted by molar-refractivity contribution is 5.95. The molecule has 3 aromatic carbocycles. The predicted molar refractivity (Wildman–Crippen MR) is 182 cm³/mol. The number of carbonyl (C=O) groups is 2. The Kier molecular flexibility index (Phi) is 9.51. The number of nitrogens with zero attached hydrogens (tertiary/aromatic N) is 3. The number of benzene rings is 3. The summed E-state index contributed by atoms with van der Waals surface area (Å²) < 4.78 is 52.0. The van der Waals surface area contributed by atoms with Crippen LogP contribution in [0.1, 0.15) is 78.9 Å². The highest BCUT2D eigenvalue weighted by Crippen LogP contribution is 2.42. The topological polar surface area (TPSA) is 82.9 Å². The molecule has 3 aliphatic heterocycles. The number of piperidine rings is 1. The average molecular weight is 686 g/mol. The molecule has 1 aliphatic carbocycles.